The molecule has 1 aliphatic rings. The van der Waals surface area contributed by atoms with Gasteiger partial charge in [-0.25, -0.2) is 4.39 Å². The number of nitrogens with zero attached hydrogens (tertiary/aromatic N) is 2. The maximum Gasteiger partial charge on any atom is 0.305 e. The lowest BCUT2D eigenvalue weighted by Gasteiger charge is -2.27. The molecule has 1 aliphatic heterocycles. The molecule has 2 amide bonds. The second-order valence-electron chi connectivity index (χ2n) is 8.36. The van der Waals surface area contributed by atoms with Crippen LogP contribution in [-0.2, 0) is 20.9 Å². The first-order valence-electron chi connectivity index (χ1n) is 11.2. The van der Waals surface area contributed by atoms with E-state index in [2.05, 4.69) is 10.3 Å². The Bertz CT molecular complexity index is 1320. The Labute approximate surface area is 200 Å². The minimum Gasteiger partial charge on any atom is -0.481 e. The molecule has 0 fully saturated rings. The molecule has 2 N–H and O–H groups in total. The number of Topliss-reactive ketones (excluding diaryl/α,β-unsaturated/α-hetero) is 1. The lowest BCUT2D eigenvalue weighted by molar-refractivity contribution is -0.140. The van der Waals surface area contributed by atoms with Crippen LogP contribution in [0.25, 0.3) is 22.0 Å². The molecule has 0 bridgehead atoms. The van der Waals surface area contributed by atoms with Gasteiger partial charge in [0.1, 0.15) is 18.8 Å². The zero-order valence-corrected chi connectivity index (χ0v) is 19.0. The maximum absolute atomic E-state index is 13.3. The molecular weight excluding hydrogens is 453 g/mol. The second-order valence-corrected chi connectivity index (χ2v) is 8.36. The molecule has 3 aromatic rings. The molecule has 1 aromatic heterocycles. The summed E-state index contributed by atoms with van der Waals surface area (Å²) in [5, 5.41) is 12.3. The van der Waals surface area contributed by atoms with Crippen LogP contribution in [0.15, 0.2) is 54.7 Å². The molecule has 2 aromatic carbocycles. The van der Waals surface area contributed by atoms with Gasteiger partial charge >= 0.3 is 5.97 Å². The zero-order valence-electron chi connectivity index (χ0n) is 19.0. The van der Waals surface area contributed by atoms with Gasteiger partial charge in [-0.2, -0.15) is 0 Å². The summed E-state index contributed by atoms with van der Waals surface area (Å²) in [5.41, 5.74) is 3.82. The Hall–Kier alpha value is -4.14. The van der Waals surface area contributed by atoms with Gasteiger partial charge in [0.15, 0.2) is 5.78 Å². The van der Waals surface area contributed by atoms with Gasteiger partial charge in [-0.15, -0.1) is 0 Å². The van der Waals surface area contributed by atoms with Crippen molar-refractivity contribution in [3.05, 3.63) is 65.9 Å². The predicted molar refractivity (Wildman–Crippen MR) is 126 cm³/mol. The molecule has 8 nitrogen and oxygen atoms in total. The molecule has 2 unspecified atom stereocenters. The quantitative estimate of drug-likeness (QED) is 0.489. The highest BCUT2D eigenvalue weighted by molar-refractivity contribution is 6.04. The first-order chi connectivity index (χ1) is 16.8. The highest BCUT2D eigenvalue weighted by Crippen LogP contribution is 2.33. The van der Waals surface area contributed by atoms with Crippen LogP contribution in [0.3, 0.4) is 0 Å². The number of alkyl halides is 1. The number of carboxylic acid groups (broad SMARTS) is 1. The number of amides is 2. The van der Waals surface area contributed by atoms with Crippen molar-refractivity contribution in [1.29, 1.82) is 0 Å². The molecule has 180 valence electrons. The number of carbonyl (C=O) groups excluding carboxylic acids is 3. The highest BCUT2D eigenvalue weighted by Gasteiger charge is 2.37. The number of ketones is 1. The third kappa shape index (κ3) is 4.75. The summed E-state index contributed by atoms with van der Waals surface area (Å²) in [6.07, 6.45) is 1.22. The van der Waals surface area contributed by atoms with E-state index in [0.29, 0.717) is 5.56 Å². The number of hydrogen-bond acceptors (Lipinski definition) is 5. The molecule has 0 radical (unpaired) electrons. The van der Waals surface area contributed by atoms with Gasteiger partial charge in [0, 0.05) is 23.7 Å². The number of aromatic nitrogens is 1. The molecule has 2 atom stereocenters. The Morgan fingerprint density at radius 3 is 2.66 bits per heavy atom. The van der Waals surface area contributed by atoms with Gasteiger partial charge in [-0.05, 0) is 41.3 Å². The average Bonchev–Trinajstić information content (AvgIpc) is 3.18. The third-order valence-electron chi connectivity index (χ3n) is 6.18. The Kier molecular flexibility index (Phi) is 6.86. The lowest BCUT2D eigenvalue weighted by Crippen LogP contribution is -2.52. The van der Waals surface area contributed by atoms with Crippen molar-refractivity contribution in [2.75, 3.05) is 6.67 Å². The van der Waals surface area contributed by atoms with Crippen LogP contribution >= 0.6 is 0 Å². The van der Waals surface area contributed by atoms with Crippen molar-refractivity contribution >= 4 is 34.5 Å². The summed E-state index contributed by atoms with van der Waals surface area (Å²) in [5.74, 6) is -3.40. The van der Waals surface area contributed by atoms with Gasteiger partial charge in [0.25, 0.3) is 5.91 Å². The summed E-state index contributed by atoms with van der Waals surface area (Å²) >= 11 is 0. The van der Waals surface area contributed by atoms with Crippen molar-refractivity contribution in [2.24, 2.45) is 0 Å². The van der Waals surface area contributed by atoms with Gasteiger partial charge < -0.3 is 15.3 Å². The summed E-state index contributed by atoms with van der Waals surface area (Å²) in [6.45, 7) is 0.506. The van der Waals surface area contributed by atoms with Crippen molar-refractivity contribution in [1.82, 2.24) is 15.2 Å². The third-order valence-corrected chi connectivity index (χ3v) is 6.18. The minimum absolute atomic E-state index is 0.193. The van der Waals surface area contributed by atoms with Crippen molar-refractivity contribution in [3.8, 4) is 11.1 Å². The molecule has 9 heteroatoms. The summed E-state index contributed by atoms with van der Waals surface area (Å²) in [7, 11) is 0. The minimum atomic E-state index is -1.49. The number of hydrogen-bond donors (Lipinski definition) is 2. The van der Waals surface area contributed by atoms with E-state index in [1.165, 1.54) is 4.90 Å². The number of benzene rings is 2. The maximum atomic E-state index is 13.3. The van der Waals surface area contributed by atoms with E-state index in [-0.39, 0.29) is 18.9 Å². The first kappa shape index (κ1) is 24.0. The summed E-state index contributed by atoms with van der Waals surface area (Å²) in [6, 6.07) is 12.7. The zero-order chi connectivity index (χ0) is 25.1. The standard InChI is InChI=1S/C26H24FN3O5/c1-2-22(25(34)29-21(12-24(32)33)23(31)13-27)30-14-16-9-8-15(11-19(16)26(30)35)17-5-3-7-20-18(17)6-4-10-28-20/h3-11,21-22H,2,12-14H2,1H3,(H,29,34)(H,32,33). The number of nitrogens with one attached hydrogen (secondary N) is 1. The predicted octanol–water partition coefficient (Wildman–Crippen LogP) is 3.13. The first-order valence-corrected chi connectivity index (χ1v) is 11.2. The van der Waals surface area contributed by atoms with Gasteiger partial charge in [-0.1, -0.05) is 37.3 Å². The number of carbonyl (C=O) groups is 4. The van der Waals surface area contributed by atoms with Crippen molar-refractivity contribution in [2.45, 2.75) is 38.4 Å². The van der Waals surface area contributed by atoms with E-state index >= 15 is 0 Å². The van der Waals surface area contributed by atoms with E-state index in [9.17, 15) is 23.6 Å². The van der Waals surface area contributed by atoms with Crippen LogP contribution in [0.5, 0.6) is 0 Å². The largest absolute Gasteiger partial charge is 0.481 e. The van der Waals surface area contributed by atoms with Crippen LogP contribution in [0.2, 0.25) is 0 Å². The molecular formula is C26H24FN3O5. The fourth-order valence-electron chi connectivity index (χ4n) is 4.43. The fourth-order valence-corrected chi connectivity index (χ4v) is 4.43. The number of aliphatic carboxylic acids is 1. The van der Waals surface area contributed by atoms with Crippen LogP contribution in [0.1, 0.15) is 35.7 Å². The topological polar surface area (TPSA) is 117 Å². The van der Waals surface area contributed by atoms with Crippen molar-refractivity contribution in [3.63, 3.8) is 0 Å². The van der Waals surface area contributed by atoms with E-state index in [1.807, 2.05) is 42.5 Å². The van der Waals surface area contributed by atoms with Crippen molar-refractivity contribution < 1.29 is 28.7 Å². The number of pyridine rings is 1. The average molecular weight is 477 g/mol. The SMILES string of the molecule is CCC(C(=O)NC(CC(=O)O)C(=O)CF)N1Cc2ccc(-c3cccc4ncccc34)cc2C1=O. The van der Waals surface area contributed by atoms with E-state index in [4.69, 9.17) is 5.11 Å². The van der Waals surface area contributed by atoms with E-state index < -0.39 is 42.8 Å². The summed E-state index contributed by atoms with van der Waals surface area (Å²) < 4.78 is 12.9. The fraction of sp³-hybridized carbons (Fsp3) is 0.269. The Morgan fingerprint density at radius 2 is 1.94 bits per heavy atom. The molecule has 4 rings (SSSR count). The number of carboxylic acids is 1. The van der Waals surface area contributed by atoms with E-state index in [0.717, 1.165) is 27.6 Å². The van der Waals surface area contributed by atoms with Crippen LogP contribution in [0.4, 0.5) is 4.39 Å². The molecule has 0 spiro atoms. The number of rotatable bonds is 9. The molecule has 0 saturated heterocycles. The smallest absolute Gasteiger partial charge is 0.305 e. The summed E-state index contributed by atoms with van der Waals surface area (Å²) in [4.78, 5) is 54.8. The monoisotopic (exact) mass is 477 g/mol. The molecule has 2 heterocycles. The number of fused-ring (bicyclic) bond motifs is 2. The normalized spacial score (nSPS) is 14.5. The Balaban J connectivity index is 1.59. The molecule has 0 saturated carbocycles. The van der Waals surface area contributed by atoms with Gasteiger partial charge in [0.05, 0.1) is 11.9 Å². The molecule has 0 aliphatic carbocycles. The van der Waals surface area contributed by atoms with Gasteiger partial charge in [-0.3, -0.25) is 24.2 Å². The van der Waals surface area contributed by atoms with Crippen LogP contribution in [0, 0.1) is 0 Å². The highest BCUT2D eigenvalue weighted by atomic mass is 19.1. The number of halogens is 1. The lowest BCUT2D eigenvalue weighted by atomic mass is 9.97. The molecule has 35 heavy (non-hydrogen) atoms. The van der Waals surface area contributed by atoms with Crippen LogP contribution in [-0.4, -0.2) is 57.3 Å². The van der Waals surface area contributed by atoms with E-state index in [1.54, 1.807) is 19.2 Å². The Morgan fingerprint density at radius 1 is 1.14 bits per heavy atom. The van der Waals surface area contributed by atoms with Gasteiger partial charge in [0.2, 0.25) is 5.91 Å². The van der Waals surface area contributed by atoms with Crippen LogP contribution < -0.4 is 5.32 Å². The second kappa shape index (κ2) is 10.0.